The number of rotatable bonds is 1. The summed E-state index contributed by atoms with van der Waals surface area (Å²) in [5, 5.41) is 0. The zero-order valence-corrected chi connectivity index (χ0v) is 11.4. The van der Waals surface area contributed by atoms with Gasteiger partial charge in [0.15, 0.2) is 5.69 Å². The Kier molecular flexibility index (Phi) is 2.91. The van der Waals surface area contributed by atoms with Crippen LogP contribution in [0.5, 0.6) is 0 Å². The summed E-state index contributed by atoms with van der Waals surface area (Å²) in [4.78, 5) is 19.9. The first-order chi connectivity index (χ1) is 7.85. The first kappa shape index (κ1) is 12.0. The standard InChI is InChI=1S/C11H12BrN3O2/c1-11(2,3)17-9(16)8-6-15-5-7(12)4-13-10(15)14-8/h4-6H,1-3H3. The number of fused-ring (bicyclic) bond motifs is 1. The summed E-state index contributed by atoms with van der Waals surface area (Å²) in [5.41, 5.74) is -0.272. The van der Waals surface area contributed by atoms with Gasteiger partial charge in [0.2, 0.25) is 5.78 Å². The molecule has 17 heavy (non-hydrogen) atoms. The quantitative estimate of drug-likeness (QED) is 0.759. The number of carbonyl (C=O) groups excluding carboxylic acids is 1. The van der Waals surface area contributed by atoms with Crippen LogP contribution in [0.1, 0.15) is 31.3 Å². The van der Waals surface area contributed by atoms with Gasteiger partial charge in [0.05, 0.1) is 4.47 Å². The Morgan fingerprint density at radius 2 is 2.12 bits per heavy atom. The van der Waals surface area contributed by atoms with Gasteiger partial charge in [-0.2, -0.15) is 0 Å². The average Bonchev–Trinajstić information content (AvgIpc) is 2.57. The van der Waals surface area contributed by atoms with Crippen molar-refractivity contribution in [2.75, 3.05) is 0 Å². The lowest BCUT2D eigenvalue weighted by atomic mass is 10.2. The molecule has 2 aromatic rings. The molecule has 90 valence electrons. The van der Waals surface area contributed by atoms with Gasteiger partial charge in [0.25, 0.3) is 0 Å². The van der Waals surface area contributed by atoms with E-state index in [1.54, 1.807) is 23.0 Å². The van der Waals surface area contributed by atoms with Crippen LogP contribution in [0.3, 0.4) is 0 Å². The van der Waals surface area contributed by atoms with Crippen LogP contribution >= 0.6 is 15.9 Å². The summed E-state index contributed by atoms with van der Waals surface area (Å²) in [6.07, 6.45) is 5.01. The Morgan fingerprint density at radius 3 is 2.76 bits per heavy atom. The Morgan fingerprint density at radius 1 is 1.41 bits per heavy atom. The molecule has 2 heterocycles. The minimum Gasteiger partial charge on any atom is -0.455 e. The van der Waals surface area contributed by atoms with E-state index in [0.29, 0.717) is 5.78 Å². The Labute approximate surface area is 107 Å². The van der Waals surface area contributed by atoms with E-state index in [4.69, 9.17) is 4.74 Å². The molecule has 0 N–H and O–H groups in total. The molecular formula is C11H12BrN3O2. The number of carbonyl (C=O) groups is 1. The van der Waals surface area contributed by atoms with Gasteiger partial charge in [-0.05, 0) is 36.7 Å². The molecule has 0 radical (unpaired) electrons. The van der Waals surface area contributed by atoms with Crippen LogP contribution in [0.2, 0.25) is 0 Å². The van der Waals surface area contributed by atoms with E-state index < -0.39 is 11.6 Å². The summed E-state index contributed by atoms with van der Waals surface area (Å²) in [7, 11) is 0. The SMILES string of the molecule is CC(C)(C)OC(=O)c1cn2cc(Br)cnc2n1. The zero-order chi connectivity index (χ0) is 12.6. The number of halogens is 1. The van der Waals surface area contributed by atoms with Gasteiger partial charge in [-0.15, -0.1) is 0 Å². The van der Waals surface area contributed by atoms with Gasteiger partial charge in [-0.3, -0.25) is 4.40 Å². The monoisotopic (exact) mass is 297 g/mol. The fourth-order valence-corrected chi connectivity index (χ4v) is 1.61. The molecule has 6 heteroatoms. The molecule has 0 saturated carbocycles. The number of hydrogen-bond acceptors (Lipinski definition) is 4. The van der Waals surface area contributed by atoms with Crippen LogP contribution in [0, 0.1) is 0 Å². The van der Waals surface area contributed by atoms with Crippen LogP contribution in [0.25, 0.3) is 5.78 Å². The maximum Gasteiger partial charge on any atom is 0.359 e. The molecule has 0 bridgehead atoms. The molecule has 0 aromatic carbocycles. The lowest BCUT2D eigenvalue weighted by Gasteiger charge is -2.18. The fourth-order valence-electron chi connectivity index (χ4n) is 1.29. The predicted octanol–water partition coefficient (Wildman–Crippen LogP) is 2.45. The van der Waals surface area contributed by atoms with Crippen LogP contribution < -0.4 is 0 Å². The Hall–Kier alpha value is -1.43. The molecule has 0 spiro atoms. The van der Waals surface area contributed by atoms with E-state index in [0.717, 1.165) is 4.47 Å². The summed E-state index contributed by atoms with van der Waals surface area (Å²) in [6.45, 7) is 5.45. The molecule has 0 saturated heterocycles. The molecule has 0 amide bonds. The van der Waals surface area contributed by atoms with Crippen molar-refractivity contribution in [3.8, 4) is 0 Å². The molecule has 0 aliphatic carbocycles. The molecule has 0 atom stereocenters. The highest BCUT2D eigenvalue weighted by Gasteiger charge is 2.20. The van der Waals surface area contributed by atoms with Gasteiger partial charge in [-0.1, -0.05) is 0 Å². The fraction of sp³-hybridized carbons (Fsp3) is 0.364. The first-order valence-electron chi connectivity index (χ1n) is 5.09. The van der Waals surface area contributed by atoms with Crippen molar-refractivity contribution >= 4 is 27.7 Å². The molecule has 0 unspecified atom stereocenters. The third kappa shape index (κ3) is 2.82. The topological polar surface area (TPSA) is 56.5 Å². The molecular weight excluding hydrogens is 286 g/mol. The minimum absolute atomic E-state index is 0.255. The highest BCUT2D eigenvalue weighted by molar-refractivity contribution is 9.10. The normalized spacial score (nSPS) is 11.8. The van der Waals surface area contributed by atoms with E-state index in [1.807, 2.05) is 20.8 Å². The lowest BCUT2D eigenvalue weighted by Crippen LogP contribution is -2.24. The zero-order valence-electron chi connectivity index (χ0n) is 9.77. The smallest absolute Gasteiger partial charge is 0.359 e. The second-order valence-electron chi connectivity index (χ2n) is 4.61. The van der Waals surface area contributed by atoms with Crippen LogP contribution in [-0.4, -0.2) is 25.9 Å². The lowest BCUT2D eigenvalue weighted by molar-refractivity contribution is 0.00635. The predicted molar refractivity (Wildman–Crippen MR) is 65.9 cm³/mol. The van der Waals surface area contributed by atoms with Gasteiger partial charge < -0.3 is 4.74 Å². The van der Waals surface area contributed by atoms with Crippen LogP contribution in [0.4, 0.5) is 0 Å². The van der Waals surface area contributed by atoms with E-state index in [2.05, 4.69) is 25.9 Å². The number of hydrogen-bond donors (Lipinski definition) is 0. The molecule has 5 nitrogen and oxygen atoms in total. The highest BCUT2D eigenvalue weighted by atomic mass is 79.9. The maximum absolute atomic E-state index is 11.8. The highest BCUT2D eigenvalue weighted by Crippen LogP contribution is 2.13. The van der Waals surface area contributed by atoms with Crippen molar-refractivity contribution in [3.05, 3.63) is 28.8 Å². The summed E-state index contributed by atoms with van der Waals surface area (Å²) < 4.78 is 7.72. The van der Waals surface area contributed by atoms with E-state index in [-0.39, 0.29) is 5.69 Å². The molecule has 0 aliphatic heterocycles. The van der Waals surface area contributed by atoms with Gasteiger partial charge in [0, 0.05) is 18.6 Å². The number of aromatic nitrogens is 3. The number of esters is 1. The van der Waals surface area contributed by atoms with Gasteiger partial charge in [0.1, 0.15) is 5.60 Å². The third-order valence-corrected chi connectivity index (χ3v) is 2.30. The van der Waals surface area contributed by atoms with E-state index in [1.165, 1.54) is 0 Å². The van der Waals surface area contributed by atoms with Crippen molar-refractivity contribution in [3.63, 3.8) is 0 Å². The van der Waals surface area contributed by atoms with Crippen molar-refractivity contribution in [1.29, 1.82) is 0 Å². The van der Waals surface area contributed by atoms with Crippen LogP contribution in [0.15, 0.2) is 23.1 Å². The maximum atomic E-state index is 11.8. The van der Waals surface area contributed by atoms with Gasteiger partial charge >= 0.3 is 5.97 Å². The van der Waals surface area contributed by atoms with Crippen molar-refractivity contribution in [2.45, 2.75) is 26.4 Å². The summed E-state index contributed by atoms with van der Waals surface area (Å²) in [6, 6.07) is 0. The molecule has 2 aromatic heterocycles. The number of nitrogens with zero attached hydrogens (tertiary/aromatic N) is 3. The molecule has 2 rings (SSSR count). The van der Waals surface area contributed by atoms with Gasteiger partial charge in [-0.25, -0.2) is 14.8 Å². The Balaban J connectivity index is 2.33. The number of imidazole rings is 1. The van der Waals surface area contributed by atoms with E-state index >= 15 is 0 Å². The molecule has 0 fully saturated rings. The average molecular weight is 298 g/mol. The largest absolute Gasteiger partial charge is 0.455 e. The van der Waals surface area contributed by atoms with Crippen molar-refractivity contribution < 1.29 is 9.53 Å². The van der Waals surface area contributed by atoms with Crippen molar-refractivity contribution in [2.24, 2.45) is 0 Å². The second kappa shape index (κ2) is 4.10. The first-order valence-corrected chi connectivity index (χ1v) is 5.88. The third-order valence-electron chi connectivity index (χ3n) is 1.89. The second-order valence-corrected chi connectivity index (χ2v) is 5.52. The van der Waals surface area contributed by atoms with Crippen LogP contribution in [-0.2, 0) is 4.74 Å². The number of ether oxygens (including phenoxy) is 1. The summed E-state index contributed by atoms with van der Waals surface area (Å²) in [5.74, 6) is 0.0215. The minimum atomic E-state index is -0.527. The van der Waals surface area contributed by atoms with E-state index in [9.17, 15) is 4.79 Å². The molecule has 0 aliphatic rings. The summed E-state index contributed by atoms with van der Waals surface area (Å²) >= 11 is 3.30. The Bertz CT molecular complexity index is 572. The van der Waals surface area contributed by atoms with Crippen molar-refractivity contribution in [1.82, 2.24) is 14.4 Å².